The van der Waals surface area contributed by atoms with Crippen molar-refractivity contribution in [1.29, 1.82) is 0 Å². The summed E-state index contributed by atoms with van der Waals surface area (Å²) >= 11 is 7.91. The molecule has 0 fully saturated rings. The molecule has 2 aromatic carbocycles. The number of hydrogen-bond donors (Lipinski definition) is 0. The summed E-state index contributed by atoms with van der Waals surface area (Å²) in [6.45, 7) is 0. The van der Waals surface area contributed by atoms with Crippen LogP contribution in [0.15, 0.2) is 47.4 Å². The molecule has 0 aromatic heterocycles. The summed E-state index contributed by atoms with van der Waals surface area (Å²) in [6.07, 6.45) is 1.02. The largest absolute Gasteiger partial charge is 0.121 e. The van der Waals surface area contributed by atoms with Gasteiger partial charge in [-0.3, -0.25) is 0 Å². The molecular weight excluding hydrogens is 236 g/mol. The fourth-order valence-corrected chi connectivity index (χ4v) is 3.41. The van der Waals surface area contributed by atoms with E-state index >= 15 is 0 Å². The number of rotatable bonds is 0. The Bertz CT molecular complexity index is 534. The SMILES string of the molecule is Clc1ccc2c(c1)SCc1ccccc1C2. The minimum atomic E-state index is 0.831. The highest BCUT2D eigenvalue weighted by molar-refractivity contribution is 7.98. The molecule has 16 heavy (non-hydrogen) atoms. The average Bonchev–Trinajstić information content (AvgIpc) is 2.48. The molecule has 0 N–H and O–H groups in total. The zero-order valence-electron chi connectivity index (χ0n) is 8.74. The summed E-state index contributed by atoms with van der Waals surface area (Å²) in [6, 6.07) is 14.9. The van der Waals surface area contributed by atoms with Crippen molar-refractivity contribution >= 4 is 23.4 Å². The van der Waals surface area contributed by atoms with Crippen molar-refractivity contribution in [3.05, 3.63) is 64.2 Å². The molecule has 0 radical (unpaired) electrons. The molecule has 0 nitrogen and oxygen atoms in total. The Balaban J connectivity index is 2.08. The second kappa shape index (κ2) is 4.15. The van der Waals surface area contributed by atoms with Crippen LogP contribution in [0, 0.1) is 0 Å². The van der Waals surface area contributed by atoms with Crippen LogP contribution in [0.25, 0.3) is 0 Å². The molecule has 0 spiro atoms. The maximum absolute atomic E-state index is 6.03. The summed E-state index contributed by atoms with van der Waals surface area (Å²) in [7, 11) is 0. The van der Waals surface area contributed by atoms with Crippen molar-refractivity contribution in [2.45, 2.75) is 17.1 Å². The van der Waals surface area contributed by atoms with Gasteiger partial charge in [0.2, 0.25) is 0 Å². The maximum atomic E-state index is 6.03. The standard InChI is InChI=1S/C14H11ClS/c15-13-6-5-11-7-10-3-1-2-4-12(10)9-16-14(11)8-13/h1-6,8H,7,9H2. The lowest BCUT2D eigenvalue weighted by Crippen LogP contribution is -1.90. The summed E-state index contributed by atoms with van der Waals surface area (Å²) in [5, 5.41) is 0.831. The minimum Gasteiger partial charge on any atom is -0.121 e. The zero-order valence-corrected chi connectivity index (χ0v) is 10.3. The molecular formula is C14H11ClS. The number of thioether (sulfide) groups is 1. The molecule has 0 bridgehead atoms. The number of halogens is 1. The molecule has 0 unspecified atom stereocenters. The van der Waals surface area contributed by atoms with Crippen LogP contribution in [0.2, 0.25) is 5.02 Å². The van der Waals surface area contributed by atoms with Gasteiger partial charge in [-0.05, 0) is 35.2 Å². The second-order valence-corrected chi connectivity index (χ2v) is 5.44. The van der Waals surface area contributed by atoms with Crippen LogP contribution < -0.4 is 0 Å². The van der Waals surface area contributed by atoms with E-state index in [2.05, 4.69) is 36.4 Å². The third-order valence-electron chi connectivity index (χ3n) is 2.91. The summed E-state index contributed by atoms with van der Waals surface area (Å²) in [4.78, 5) is 1.32. The van der Waals surface area contributed by atoms with Crippen LogP contribution in [0.3, 0.4) is 0 Å². The van der Waals surface area contributed by atoms with E-state index in [1.165, 1.54) is 21.6 Å². The Morgan fingerprint density at radius 3 is 2.62 bits per heavy atom. The van der Waals surface area contributed by atoms with Crippen molar-refractivity contribution in [3.8, 4) is 0 Å². The zero-order chi connectivity index (χ0) is 11.0. The molecule has 3 rings (SSSR count). The highest BCUT2D eigenvalue weighted by atomic mass is 35.5. The number of benzene rings is 2. The average molecular weight is 247 g/mol. The van der Waals surface area contributed by atoms with Crippen molar-refractivity contribution in [2.75, 3.05) is 0 Å². The lowest BCUT2D eigenvalue weighted by Gasteiger charge is -2.05. The van der Waals surface area contributed by atoms with E-state index in [0.29, 0.717) is 0 Å². The Labute approximate surface area is 105 Å². The van der Waals surface area contributed by atoms with Gasteiger partial charge < -0.3 is 0 Å². The van der Waals surface area contributed by atoms with Crippen LogP contribution in [0.5, 0.6) is 0 Å². The molecule has 2 heteroatoms. The summed E-state index contributed by atoms with van der Waals surface area (Å²) in [5.41, 5.74) is 4.27. The van der Waals surface area contributed by atoms with Gasteiger partial charge in [0.1, 0.15) is 0 Å². The first-order valence-corrected chi connectivity index (χ1v) is 6.67. The first kappa shape index (κ1) is 10.2. The van der Waals surface area contributed by atoms with E-state index < -0.39 is 0 Å². The molecule has 0 atom stereocenters. The molecule has 0 saturated carbocycles. The van der Waals surface area contributed by atoms with Gasteiger partial charge in [-0.25, -0.2) is 0 Å². The van der Waals surface area contributed by atoms with Crippen molar-refractivity contribution < 1.29 is 0 Å². The maximum Gasteiger partial charge on any atom is 0.0417 e. The van der Waals surface area contributed by atoms with Gasteiger partial charge in [-0.2, -0.15) is 0 Å². The molecule has 0 aliphatic carbocycles. The van der Waals surface area contributed by atoms with Crippen molar-refractivity contribution in [1.82, 2.24) is 0 Å². The molecule has 1 aliphatic heterocycles. The Hall–Kier alpha value is -0.920. The number of fused-ring (bicyclic) bond motifs is 2. The highest BCUT2D eigenvalue weighted by Gasteiger charge is 2.13. The number of hydrogen-bond acceptors (Lipinski definition) is 1. The Morgan fingerprint density at radius 2 is 1.75 bits per heavy atom. The minimum absolute atomic E-state index is 0.831. The summed E-state index contributed by atoms with van der Waals surface area (Å²) < 4.78 is 0. The molecule has 80 valence electrons. The predicted octanol–water partition coefficient (Wildman–Crippen LogP) is 4.54. The van der Waals surface area contributed by atoms with Crippen LogP contribution in [-0.2, 0) is 12.2 Å². The predicted molar refractivity (Wildman–Crippen MR) is 70.3 cm³/mol. The van der Waals surface area contributed by atoms with Gasteiger partial charge in [-0.1, -0.05) is 41.9 Å². The van der Waals surface area contributed by atoms with Crippen LogP contribution in [0.4, 0.5) is 0 Å². The van der Waals surface area contributed by atoms with Crippen molar-refractivity contribution in [2.24, 2.45) is 0 Å². The lowest BCUT2D eigenvalue weighted by molar-refractivity contribution is 1.12. The van der Waals surface area contributed by atoms with Crippen molar-refractivity contribution in [3.63, 3.8) is 0 Å². The molecule has 1 aliphatic rings. The van der Waals surface area contributed by atoms with Crippen LogP contribution in [-0.4, -0.2) is 0 Å². The molecule has 1 heterocycles. The Kier molecular flexibility index (Phi) is 2.66. The first-order chi connectivity index (χ1) is 7.83. The lowest BCUT2D eigenvalue weighted by atomic mass is 10.0. The first-order valence-electron chi connectivity index (χ1n) is 5.31. The van der Waals surface area contributed by atoms with E-state index in [4.69, 9.17) is 11.6 Å². The smallest absolute Gasteiger partial charge is 0.0417 e. The second-order valence-electron chi connectivity index (χ2n) is 3.99. The monoisotopic (exact) mass is 246 g/mol. The molecule has 2 aromatic rings. The van der Waals surface area contributed by atoms with E-state index in [9.17, 15) is 0 Å². The highest BCUT2D eigenvalue weighted by Crippen LogP contribution is 2.34. The van der Waals surface area contributed by atoms with E-state index in [0.717, 1.165) is 17.2 Å². The molecule has 0 amide bonds. The molecule has 0 saturated heterocycles. The van der Waals surface area contributed by atoms with Gasteiger partial charge in [0.25, 0.3) is 0 Å². The fourth-order valence-electron chi connectivity index (χ4n) is 2.04. The van der Waals surface area contributed by atoms with Gasteiger partial charge in [-0.15, -0.1) is 11.8 Å². The van der Waals surface area contributed by atoms with Gasteiger partial charge in [0.15, 0.2) is 0 Å². The third kappa shape index (κ3) is 1.85. The topological polar surface area (TPSA) is 0 Å². The van der Waals surface area contributed by atoms with E-state index in [1.54, 1.807) is 0 Å². The quantitative estimate of drug-likeness (QED) is 0.658. The van der Waals surface area contributed by atoms with Crippen LogP contribution in [0.1, 0.15) is 16.7 Å². The third-order valence-corrected chi connectivity index (χ3v) is 4.29. The van der Waals surface area contributed by atoms with Gasteiger partial charge in [0, 0.05) is 15.7 Å². The van der Waals surface area contributed by atoms with E-state index in [-0.39, 0.29) is 0 Å². The summed E-state index contributed by atoms with van der Waals surface area (Å²) in [5.74, 6) is 1.05. The van der Waals surface area contributed by atoms with Gasteiger partial charge in [0.05, 0.1) is 0 Å². The normalized spacial score (nSPS) is 13.8. The fraction of sp³-hybridized carbons (Fsp3) is 0.143. The van der Waals surface area contributed by atoms with Crippen LogP contribution >= 0.6 is 23.4 Å². The van der Waals surface area contributed by atoms with Gasteiger partial charge >= 0.3 is 0 Å². The Morgan fingerprint density at radius 1 is 0.938 bits per heavy atom. The van der Waals surface area contributed by atoms with E-state index in [1.807, 2.05) is 17.8 Å².